The van der Waals surface area contributed by atoms with E-state index in [-0.39, 0.29) is 0 Å². The molecule has 158 valence electrons. The monoisotopic (exact) mass is 403 g/mol. The van der Waals surface area contributed by atoms with Gasteiger partial charge in [-0.15, -0.1) is 0 Å². The van der Waals surface area contributed by atoms with Crippen LogP contribution in [0.5, 0.6) is 5.75 Å². The van der Waals surface area contributed by atoms with Gasteiger partial charge in [0.05, 0.1) is 11.8 Å². The summed E-state index contributed by atoms with van der Waals surface area (Å²) in [5, 5.41) is 11.7. The quantitative estimate of drug-likeness (QED) is 0.339. The molecular weight excluding hydrogens is 370 g/mol. The summed E-state index contributed by atoms with van der Waals surface area (Å²) in [6.45, 7) is 5.28. The molecule has 0 fully saturated rings. The van der Waals surface area contributed by atoms with Gasteiger partial charge < -0.3 is 9.84 Å². The highest BCUT2D eigenvalue weighted by Crippen LogP contribution is 2.26. The van der Waals surface area contributed by atoms with Gasteiger partial charge in [-0.1, -0.05) is 56.2 Å². The molecule has 0 saturated carbocycles. The summed E-state index contributed by atoms with van der Waals surface area (Å²) in [7, 11) is 0. The Hall–Kier alpha value is -2.65. The van der Waals surface area contributed by atoms with Gasteiger partial charge in [0.2, 0.25) is 0 Å². The van der Waals surface area contributed by atoms with Gasteiger partial charge in [-0.05, 0) is 73.2 Å². The first kappa shape index (κ1) is 22.0. The van der Waals surface area contributed by atoms with E-state index in [1.165, 1.54) is 19.3 Å². The van der Waals surface area contributed by atoms with Gasteiger partial charge in [0.15, 0.2) is 0 Å². The summed E-state index contributed by atoms with van der Waals surface area (Å²) < 4.78 is 5.85. The van der Waals surface area contributed by atoms with E-state index in [9.17, 15) is 5.11 Å². The van der Waals surface area contributed by atoms with Gasteiger partial charge in [-0.25, -0.2) is 0 Å². The number of aromatic nitrogens is 1. The standard InChI is InChI=1S/C27H33NO2/c1-3-4-8-17-30-21(2)9-6-5-7-10-22-11-16-27(28-20-22)25-13-12-24-19-26(29)15-14-23(24)18-25/h7,10-16,18-21,29H,3-6,8-9,17H2,1-2H3. The van der Waals surface area contributed by atoms with Crippen LogP contribution in [-0.4, -0.2) is 22.8 Å². The first-order valence-electron chi connectivity index (χ1n) is 11.1. The van der Waals surface area contributed by atoms with Crippen LogP contribution in [0.2, 0.25) is 0 Å². The molecule has 0 saturated heterocycles. The Kier molecular flexibility index (Phi) is 8.46. The molecule has 0 aliphatic rings. The molecule has 30 heavy (non-hydrogen) atoms. The Morgan fingerprint density at radius 3 is 2.63 bits per heavy atom. The molecule has 0 bridgehead atoms. The van der Waals surface area contributed by atoms with Gasteiger partial charge in [-0.2, -0.15) is 0 Å². The Labute approximate surface area is 180 Å². The van der Waals surface area contributed by atoms with E-state index in [1.54, 1.807) is 12.1 Å². The van der Waals surface area contributed by atoms with E-state index in [1.807, 2.05) is 24.4 Å². The summed E-state index contributed by atoms with van der Waals surface area (Å²) in [6.07, 6.45) is 13.6. The normalized spacial score (nSPS) is 12.6. The molecule has 1 unspecified atom stereocenters. The zero-order valence-electron chi connectivity index (χ0n) is 18.2. The van der Waals surface area contributed by atoms with Crippen molar-refractivity contribution >= 4 is 16.8 Å². The van der Waals surface area contributed by atoms with Crippen molar-refractivity contribution < 1.29 is 9.84 Å². The minimum atomic E-state index is 0.290. The molecule has 3 rings (SSSR count). The van der Waals surface area contributed by atoms with Gasteiger partial charge >= 0.3 is 0 Å². The van der Waals surface area contributed by atoms with Crippen LogP contribution in [0.3, 0.4) is 0 Å². The van der Waals surface area contributed by atoms with E-state index in [4.69, 9.17) is 4.74 Å². The fourth-order valence-corrected chi connectivity index (χ4v) is 3.53. The number of benzene rings is 2. The number of aromatic hydroxyl groups is 1. The van der Waals surface area contributed by atoms with E-state index in [0.717, 1.165) is 53.5 Å². The molecular formula is C27H33NO2. The van der Waals surface area contributed by atoms with E-state index >= 15 is 0 Å². The lowest BCUT2D eigenvalue weighted by Gasteiger charge is -2.11. The third-order valence-corrected chi connectivity index (χ3v) is 5.35. The SMILES string of the molecule is CCCCCOC(C)CCCC=Cc1ccc(-c2ccc3cc(O)ccc3c2)nc1. The van der Waals surface area contributed by atoms with Gasteiger partial charge in [0.25, 0.3) is 0 Å². The summed E-state index contributed by atoms with van der Waals surface area (Å²) in [4.78, 5) is 4.63. The van der Waals surface area contributed by atoms with E-state index in [2.05, 4.69) is 49.2 Å². The van der Waals surface area contributed by atoms with Crippen LogP contribution in [-0.2, 0) is 4.74 Å². The highest BCUT2D eigenvalue weighted by Gasteiger charge is 2.03. The number of rotatable bonds is 11. The molecule has 1 aromatic heterocycles. The lowest BCUT2D eigenvalue weighted by Crippen LogP contribution is -2.08. The molecule has 0 spiro atoms. The molecule has 1 atom stereocenters. The number of phenolic OH excluding ortho intramolecular Hbond substituents is 1. The second-order valence-corrected chi connectivity index (χ2v) is 7.94. The Morgan fingerprint density at radius 2 is 1.83 bits per heavy atom. The number of fused-ring (bicyclic) bond motifs is 1. The topological polar surface area (TPSA) is 42.4 Å². The highest BCUT2D eigenvalue weighted by molar-refractivity contribution is 5.87. The second kappa shape index (κ2) is 11.5. The van der Waals surface area contributed by atoms with Gasteiger partial charge in [0.1, 0.15) is 5.75 Å². The van der Waals surface area contributed by atoms with E-state index < -0.39 is 0 Å². The highest BCUT2D eigenvalue weighted by atomic mass is 16.5. The number of hydrogen-bond acceptors (Lipinski definition) is 3. The number of allylic oxidation sites excluding steroid dienone is 1. The van der Waals surface area contributed by atoms with Crippen molar-refractivity contribution in [2.24, 2.45) is 0 Å². The van der Waals surface area contributed by atoms with Crippen molar-refractivity contribution in [3.05, 3.63) is 66.4 Å². The molecule has 0 amide bonds. The van der Waals surface area contributed by atoms with Crippen molar-refractivity contribution in [2.75, 3.05) is 6.61 Å². The van der Waals surface area contributed by atoms with Crippen molar-refractivity contribution in [3.8, 4) is 17.0 Å². The lowest BCUT2D eigenvalue weighted by atomic mass is 10.0. The lowest BCUT2D eigenvalue weighted by molar-refractivity contribution is 0.0566. The molecule has 1 N–H and O–H groups in total. The van der Waals surface area contributed by atoms with Crippen LogP contribution < -0.4 is 0 Å². The average molecular weight is 404 g/mol. The fourth-order valence-electron chi connectivity index (χ4n) is 3.53. The van der Waals surface area contributed by atoms with Crippen molar-refractivity contribution in [1.82, 2.24) is 4.98 Å². The van der Waals surface area contributed by atoms with E-state index in [0.29, 0.717) is 11.9 Å². The van der Waals surface area contributed by atoms with Crippen molar-refractivity contribution in [3.63, 3.8) is 0 Å². The summed E-state index contributed by atoms with van der Waals surface area (Å²) >= 11 is 0. The maximum absolute atomic E-state index is 9.61. The van der Waals surface area contributed by atoms with Crippen LogP contribution in [0.15, 0.2) is 60.8 Å². The maximum atomic E-state index is 9.61. The number of phenols is 1. The zero-order chi connectivity index (χ0) is 21.2. The third kappa shape index (κ3) is 6.70. The zero-order valence-corrected chi connectivity index (χ0v) is 18.2. The summed E-state index contributed by atoms with van der Waals surface area (Å²) in [6, 6.07) is 15.8. The molecule has 1 heterocycles. The molecule has 0 radical (unpaired) electrons. The molecule has 0 aliphatic carbocycles. The van der Waals surface area contributed by atoms with Crippen LogP contribution in [0.1, 0.15) is 57.9 Å². The maximum Gasteiger partial charge on any atom is 0.116 e. The average Bonchev–Trinajstić information content (AvgIpc) is 2.76. The number of hydrogen-bond donors (Lipinski definition) is 1. The van der Waals surface area contributed by atoms with Gasteiger partial charge in [-0.3, -0.25) is 4.98 Å². The Bertz CT molecular complexity index is 947. The Morgan fingerprint density at radius 1 is 1.00 bits per heavy atom. The number of nitrogens with zero attached hydrogens (tertiary/aromatic N) is 1. The van der Waals surface area contributed by atoms with Crippen molar-refractivity contribution in [1.29, 1.82) is 0 Å². The molecule has 3 aromatic rings. The largest absolute Gasteiger partial charge is 0.508 e. The number of ether oxygens (including phenoxy) is 1. The Balaban J connectivity index is 1.47. The van der Waals surface area contributed by atoms with Crippen LogP contribution >= 0.6 is 0 Å². The van der Waals surface area contributed by atoms with Crippen LogP contribution in [0.25, 0.3) is 28.1 Å². The van der Waals surface area contributed by atoms with Crippen LogP contribution in [0.4, 0.5) is 0 Å². The molecule has 0 aliphatic heterocycles. The number of pyridine rings is 1. The van der Waals surface area contributed by atoms with Crippen molar-refractivity contribution in [2.45, 2.75) is 58.5 Å². The fraction of sp³-hybridized carbons (Fsp3) is 0.370. The minimum Gasteiger partial charge on any atom is -0.508 e. The first-order chi connectivity index (χ1) is 14.7. The molecule has 3 nitrogen and oxygen atoms in total. The number of unbranched alkanes of at least 4 members (excludes halogenated alkanes) is 3. The summed E-state index contributed by atoms with van der Waals surface area (Å²) in [5.41, 5.74) is 3.15. The summed E-state index contributed by atoms with van der Waals surface area (Å²) in [5.74, 6) is 0.290. The first-order valence-corrected chi connectivity index (χ1v) is 11.1. The minimum absolute atomic E-state index is 0.290. The molecule has 3 heteroatoms. The predicted octanol–water partition coefficient (Wildman–Crippen LogP) is 7.39. The van der Waals surface area contributed by atoms with Gasteiger partial charge in [0, 0.05) is 18.4 Å². The van der Waals surface area contributed by atoms with Crippen LogP contribution in [0, 0.1) is 0 Å². The smallest absolute Gasteiger partial charge is 0.116 e. The predicted molar refractivity (Wildman–Crippen MR) is 127 cm³/mol. The third-order valence-electron chi connectivity index (χ3n) is 5.35. The second-order valence-electron chi connectivity index (χ2n) is 7.94. The molecule has 2 aromatic carbocycles.